The molecule has 4 N–H and O–H groups in total. The highest BCUT2D eigenvalue weighted by Gasteiger charge is 2.33. The molecule has 0 heterocycles. The Bertz CT molecular complexity index is 641. The summed E-state index contributed by atoms with van der Waals surface area (Å²) in [6.45, 7) is 14.7. The van der Waals surface area contributed by atoms with E-state index in [0.29, 0.717) is 0 Å². The number of alkyl carbamates (subject to hydrolysis) is 1. The number of hydrogen-bond acceptors (Lipinski definition) is 7. The van der Waals surface area contributed by atoms with Gasteiger partial charge in [0.15, 0.2) is 0 Å². The Morgan fingerprint density at radius 2 is 1.45 bits per heavy atom. The first kappa shape index (κ1) is 28.4. The lowest BCUT2D eigenvalue weighted by Gasteiger charge is -2.28. The third kappa shape index (κ3) is 10.8. The number of carbonyl (C=O) groups excluding carboxylic acids is 4. The molecule has 0 spiro atoms. The molecule has 0 aliphatic carbocycles. The van der Waals surface area contributed by atoms with Crippen molar-refractivity contribution in [1.29, 1.82) is 0 Å². The number of rotatable bonds is 11. The maximum absolute atomic E-state index is 12.8. The molecular weight excluding hydrogens is 406 g/mol. The Morgan fingerprint density at radius 1 is 0.935 bits per heavy atom. The number of amides is 3. The highest BCUT2D eigenvalue weighted by Crippen LogP contribution is 2.09. The number of carbonyl (C=O) groups is 4. The van der Waals surface area contributed by atoms with E-state index in [1.165, 1.54) is 6.08 Å². The molecule has 0 rings (SSSR count). The number of esters is 1. The second kappa shape index (κ2) is 12.9. The number of aliphatic hydroxyl groups excluding tert-OH is 1. The van der Waals surface area contributed by atoms with Crippen molar-refractivity contribution >= 4 is 23.9 Å². The SMILES string of the molecule is C=CCOC(=O)[C@@H](NC(=O)[C@@H](NC(=O)[C@H](CO)NC(=O)OC(C)(C)C)C(C)C)C(C)C. The molecule has 0 aliphatic heterocycles. The molecular formula is C21H37N3O7. The van der Waals surface area contributed by atoms with E-state index < -0.39 is 54.2 Å². The van der Waals surface area contributed by atoms with E-state index in [2.05, 4.69) is 22.5 Å². The summed E-state index contributed by atoms with van der Waals surface area (Å²) in [6.07, 6.45) is 0.540. The molecule has 0 bridgehead atoms. The zero-order chi connectivity index (χ0) is 24.4. The van der Waals surface area contributed by atoms with E-state index >= 15 is 0 Å². The smallest absolute Gasteiger partial charge is 0.408 e. The maximum Gasteiger partial charge on any atom is 0.408 e. The predicted molar refractivity (Wildman–Crippen MR) is 115 cm³/mol. The van der Waals surface area contributed by atoms with Crippen LogP contribution in [-0.4, -0.2) is 65.9 Å². The summed E-state index contributed by atoms with van der Waals surface area (Å²) in [5.41, 5.74) is -0.785. The van der Waals surface area contributed by atoms with Gasteiger partial charge in [-0.2, -0.15) is 0 Å². The van der Waals surface area contributed by atoms with Crippen LogP contribution in [0.25, 0.3) is 0 Å². The van der Waals surface area contributed by atoms with Gasteiger partial charge in [-0.15, -0.1) is 0 Å². The zero-order valence-corrected chi connectivity index (χ0v) is 19.5. The molecule has 0 fully saturated rings. The molecule has 0 saturated heterocycles. The van der Waals surface area contributed by atoms with Gasteiger partial charge in [-0.25, -0.2) is 9.59 Å². The van der Waals surface area contributed by atoms with Gasteiger partial charge in [0, 0.05) is 0 Å². The lowest BCUT2D eigenvalue weighted by atomic mass is 10.00. The summed E-state index contributed by atoms with van der Waals surface area (Å²) in [7, 11) is 0. The Kier molecular flexibility index (Phi) is 11.8. The molecule has 178 valence electrons. The monoisotopic (exact) mass is 443 g/mol. The van der Waals surface area contributed by atoms with Gasteiger partial charge >= 0.3 is 12.1 Å². The van der Waals surface area contributed by atoms with Gasteiger partial charge in [-0.05, 0) is 32.6 Å². The third-order valence-corrected chi connectivity index (χ3v) is 4.00. The Labute approximate surface area is 184 Å². The van der Waals surface area contributed by atoms with Crippen molar-refractivity contribution in [3.8, 4) is 0 Å². The van der Waals surface area contributed by atoms with E-state index in [1.54, 1.807) is 48.5 Å². The molecule has 0 aliphatic rings. The van der Waals surface area contributed by atoms with Crippen LogP contribution in [0.1, 0.15) is 48.5 Å². The van der Waals surface area contributed by atoms with Gasteiger partial charge in [0.05, 0.1) is 6.61 Å². The first-order valence-corrected chi connectivity index (χ1v) is 10.2. The number of ether oxygens (including phenoxy) is 2. The summed E-state index contributed by atoms with van der Waals surface area (Å²) >= 11 is 0. The molecule has 0 radical (unpaired) electrons. The lowest BCUT2D eigenvalue weighted by Crippen LogP contribution is -2.59. The average molecular weight is 444 g/mol. The number of aliphatic hydroxyl groups is 1. The fourth-order valence-corrected chi connectivity index (χ4v) is 2.40. The zero-order valence-electron chi connectivity index (χ0n) is 19.5. The van der Waals surface area contributed by atoms with Gasteiger partial charge in [0.25, 0.3) is 0 Å². The minimum absolute atomic E-state index is 0.0107. The maximum atomic E-state index is 12.8. The van der Waals surface area contributed by atoms with E-state index in [1.807, 2.05) is 0 Å². The number of nitrogens with one attached hydrogen (secondary N) is 3. The van der Waals surface area contributed by atoms with Gasteiger partial charge < -0.3 is 30.5 Å². The van der Waals surface area contributed by atoms with Crippen molar-refractivity contribution < 1.29 is 33.8 Å². The normalized spacial score (nSPS) is 14.3. The van der Waals surface area contributed by atoms with Crippen LogP contribution in [-0.2, 0) is 23.9 Å². The largest absolute Gasteiger partial charge is 0.460 e. The second-order valence-electron chi connectivity index (χ2n) is 8.76. The molecule has 31 heavy (non-hydrogen) atoms. The van der Waals surface area contributed by atoms with Crippen molar-refractivity contribution in [3.63, 3.8) is 0 Å². The van der Waals surface area contributed by atoms with Crippen LogP contribution in [0.3, 0.4) is 0 Å². The highest BCUT2D eigenvalue weighted by molar-refractivity contribution is 5.93. The Hall–Kier alpha value is -2.62. The van der Waals surface area contributed by atoms with Gasteiger partial charge in [0.2, 0.25) is 11.8 Å². The fraction of sp³-hybridized carbons (Fsp3) is 0.714. The summed E-state index contributed by atoms with van der Waals surface area (Å²) < 4.78 is 10.1. The minimum Gasteiger partial charge on any atom is -0.460 e. The standard InChI is InChI=1S/C21H37N3O7/c1-9-10-30-19(28)16(13(4)5)24-18(27)15(12(2)3)23-17(26)14(11-25)22-20(29)31-21(6,7)8/h9,12-16,25H,1,10-11H2,2-8H3,(H,22,29)(H,23,26)(H,24,27)/t14-,15-,16-/m0/s1. The molecule has 0 saturated carbocycles. The summed E-state index contributed by atoms with van der Waals surface area (Å²) in [5, 5.41) is 16.9. The summed E-state index contributed by atoms with van der Waals surface area (Å²) in [6, 6.07) is -3.25. The molecule has 3 amide bonds. The number of hydrogen-bond donors (Lipinski definition) is 4. The fourth-order valence-electron chi connectivity index (χ4n) is 2.40. The van der Waals surface area contributed by atoms with Crippen LogP contribution >= 0.6 is 0 Å². The summed E-state index contributed by atoms with van der Waals surface area (Å²) in [4.78, 5) is 49.5. The first-order valence-electron chi connectivity index (χ1n) is 10.2. The quantitative estimate of drug-likeness (QED) is 0.274. The summed E-state index contributed by atoms with van der Waals surface area (Å²) in [5.74, 6) is -2.58. The van der Waals surface area contributed by atoms with Crippen LogP contribution in [0.4, 0.5) is 4.79 Å². The van der Waals surface area contributed by atoms with Crippen molar-refractivity contribution in [2.75, 3.05) is 13.2 Å². The van der Waals surface area contributed by atoms with E-state index in [4.69, 9.17) is 9.47 Å². The molecule has 10 nitrogen and oxygen atoms in total. The van der Waals surface area contributed by atoms with E-state index in [0.717, 1.165) is 0 Å². The van der Waals surface area contributed by atoms with Gasteiger partial charge in [-0.3, -0.25) is 9.59 Å². The Balaban J connectivity index is 5.25. The van der Waals surface area contributed by atoms with Crippen molar-refractivity contribution in [3.05, 3.63) is 12.7 Å². The second-order valence-corrected chi connectivity index (χ2v) is 8.76. The van der Waals surface area contributed by atoms with Crippen LogP contribution < -0.4 is 16.0 Å². The van der Waals surface area contributed by atoms with Gasteiger partial charge in [-0.1, -0.05) is 40.3 Å². The molecule has 3 atom stereocenters. The van der Waals surface area contributed by atoms with Crippen LogP contribution in [0.2, 0.25) is 0 Å². The third-order valence-electron chi connectivity index (χ3n) is 4.00. The van der Waals surface area contributed by atoms with E-state index in [9.17, 15) is 24.3 Å². The molecule has 0 aromatic heterocycles. The van der Waals surface area contributed by atoms with Crippen LogP contribution in [0.5, 0.6) is 0 Å². The molecule has 0 unspecified atom stereocenters. The minimum atomic E-state index is -1.32. The lowest BCUT2D eigenvalue weighted by molar-refractivity contribution is -0.148. The molecule has 0 aromatic rings. The van der Waals surface area contributed by atoms with Crippen molar-refractivity contribution in [1.82, 2.24) is 16.0 Å². The van der Waals surface area contributed by atoms with Gasteiger partial charge in [0.1, 0.15) is 30.3 Å². The van der Waals surface area contributed by atoms with Crippen molar-refractivity contribution in [2.24, 2.45) is 11.8 Å². The highest BCUT2D eigenvalue weighted by atomic mass is 16.6. The first-order chi connectivity index (χ1) is 14.2. The van der Waals surface area contributed by atoms with Crippen LogP contribution in [0, 0.1) is 11.8 Å². The van der Waals surface area contributed by atoms with Crippen molar-refractivity contribution in [2.45, 2.75) is 72.2 Å². The van der Waals surface area contributed by atoms with E-state index in [-0.39, 0.29) is 18.4 Å². The predicted octanol–water partition coefficient (Wildman–Crippen LogP) is 0.883. The van der Waals surface area contributed by atoms with Crippen LogP contribution in [0.15, 0.2) is 12.7 Å². The molecule has 0 aromatic carbocycles. The molecule has 10 heteroatoms. The topological polar surface area (TPSA) is 143 Å². The Morgan fingerprint density at radius 3 is 1.87 bits per heavy atom. The average Bonchev–Trinajstić information content (AvgIpc) is 2.63.